The van der Waals surface area contributed by atoms with Crippen molar-refractivity contribution in [1.82, 2.24) is 0 Å². The molecule has 0 atom stereocenters. The topological polar surface area (TPSA) is 0 Å². The van der Waals surface area contributed by atoms with Gasteiger partial charge in [0.2, 0.25) is 0 Å². The monoisotopic (exact) mass is 198 g/mol. The molecule has 0 amide bonds. The van der Waals surface area contributed by atoms with Crippen molar-refractivity contribution in [1.29, 1.82) is 0 Å². The van der Waals surface area contributed by atoms with Crippen LogP contribution in [0.1, 0.15) is 0 Å². The summed E-state index contributed by atoms with van der Waals surface area (Å²) >= 11 is 11.4. The Balaban J connectivity index is 3.83. The summed E-state index contributed by atoms with van der Waals surface area (Å²) in [4.78, 5) is 0. The maximum atomic E-state index is 5.70. The molecule has 46 valence electrons. The van der Waals surface area contributed by atoms with Crippen molar-refractivity contribution in [3.63, 3.8) is 0 Å². The van der Waals surface area contributed by atoms with E-state index in [1.165, 1.54) is 0 Å². The van der Waals surface area contributed by atoms with Gasteiger partial charge in [-0.1, -0.05) is 0 Å². The van der Waals surface area contributed by atoms with Crippen LogP contribution in [0.3, 0.4) is 0 Å². The van der Waals surface area contributed by atoms with Gasteiger partial charge in [0.15, 0.2) is 0 Å². The number of halogens is 3. The van der Waals surface area contributed by atoms with Crippen molar-refractivity contribution < 1.29 is 0 Å². The summed E-state index contributed by atoms with van der Waals surface area (Å²) in [6, 6.07) is 0. The standard InChI is InChI=1S/C2H6Cl3PS/c1-6(2,3,4)7-5/h1-2H3. The third kappa shape index (κ3) is 7.65. The van der Waals surface area contributed by atoms with Gasteiger partial charge in [-0.25, -0.2) is 0 Å². The third-order valence-corrected chi connectivity index (χ3v) is 7.95. The van der Waals surface area contributed by atoms with Gasteiger partial charge in [-0.2, -0.15) is 0 Å². The Labute approximate surface area is 61.6 Å². The van der Waals surface area contributed by atoms with Crippen molar-refractivity contribution in [3.05, 3.63) is 0 Å². The van der Waals surface area contributed by atoms with E-state index in [-0.39, 0.29) is 0 Å². The third-order valence-electron chi connectivity index (χ3n) is 0.190. The first-order valence-electron chi connectivity index (χ1n) is 1.57. The Bertz CT molecular complexity index is 65.5. The molecule has 0 aromatic carbocycles. The Hall–Kier alpha value is 1.65. The molecule has 0 aromatic heterocycles. The van der Waals surface area contributed by atoms with Crippen LogP contribution < -0.4 is 0 Å². The van der Waals surface area contributed by atoms with Gasteiger partial charge in [0.05, 0.1) is 0 Å². The van der Waals surface area contributed by atoms with Crippen molar-refractivity contribution in [2.45, 2.75) is 0 Å². The minimum absolute atomic E-state index is 1.02. The molecule has 0 nitrogen and oxygen atoms in total. The molecule has 0 aromatic rings. The molecule has 0 radical (unpaired) electrons. The molecule has 0 saturated carbocycles. The molecule has 0 aliphatic rings. The summed E-state index contributed by atoms with van der Waals surface area (Å²) in [5.74, 6) is 0. The molecule has 0 fully saturated rings. The molecule has 0 saturated heterocycles. The Morgan fingerprint density at radius 3 is 1.43 bits per heavy atom. The van der Waals surface area contributed by atoms with E-state index in [0.29, 0.717) is 0 Å². The fraction of sp³-hybridized carbons (Fsp3) is 1.00. The summed E-state index contributed by atoms with van der Waals surface area (Å²) in [5.41, 5.74) is 0. The summed E-state index contributed by atoms with van der Waals surface area (Å²) in [6.45, 7) is 3.51. The second kappa shape index (κ2) is 2.11. The van der Waals surface area contributed by atoms with Crippen molar-refractivity contribution in [2.24, 2.45) is 0 Å². The van der Waals surface area contributed by atoms with Crippen LogP contribution in [0.4, 0.5) is 0 Å². The van der Waals surface area contributed by atoms with E-state index in [1.807, 2.05) is 0 Å². The zero-order valence-corrected chi connectivity index (χ0v) is 7.97. The molecule has 5 heteroatoms. The molecule has 0 N–H and O–H groups in total. The Kier molecular flexibility index (Phi) is 2.61. The van der Waals surface area contributed by atoms with Gasteiger partial charge in [0.1, 0.15) is 0 Å². The van der Waals surface area contributed by atoms with Gasteiger partial charge in [-0.3, -0.25) is 0 Å². The maximum absolute atomic E-state index is 5.70. The summed E-state index contributed by atoms with van der Waals surface area (Å²) in [7, 11) is 6.35. The van der Waals surface area contributed by atoms with Crippen molar-refractivity contribution in [3.8, 4) is 0 Å². The predicted molar refractivity (Wildman–Crippen MR) is 43.9 cm³/mol. The number of hydrogen-bond acceptors (Lipinski definition) is 1. The van der Waals surface area contributed by atoms with Gasteiger partial charge >= 0.3 is 61.6 Å². The molecule has 0 unspecified atom stereocenters. The van der Waals surface area contributed by atoms with Crippen LogP contribution in [0.5, 0.6) is 0 Å². The van der Waals surface area contributed by atoms with Gasteiger partial charge in [0, 0.05) is 0 Å². The molecular weight excluding hydrogens is 193 g/mol. The van der Waals surface area contributed by atoms with Crippen molar-refractivity contribution in [2.75, 3.05) is 13.3 Å². The predicted octanol–water partition coefficient (Wildman–Crippen LogP) is 3.91. The summed E-state index contributed by atoms with van der Waals surface area (Å²) < 4.78 is -2.45. The second-order valence-electron chi connectivity index (χ2n) is 1.76. The van der Waals surface area contributed by atoms with Crippen LogP contribution in [0.25, 0.3) is 0 Å². The molecule has 0 spiro atoms. The summed E-state index contributed by atoms with van der Waals surface area (Å²) in [5, 5.41) is 0. The molecule has 0 rings (SSSR count). The van der Waals surface area contributed by atoms with Gasteiger partial charge < -0.3 is 0 Å². The van der Waals surface area contributed by atoms with Gasteiger partial charge in [-0.15, -0.1) is 0 Å². The number of hydrogen-bond donors (Lipinski definition) is 0. The molecular formula is C2H6Cl3PS. The Morgan fingerprint density at radius 1 is 1.29 bits per heavy atom. The molecule has 0 bridgehead atoms. The SMILES string of the molecule is CP(C)(Cl)(Cl)SCl. The van der Waals surface area contributed by atoms with Crippen LogP contribution in [0.15, 0.2) is 0 Å². The fourth-order valence-electron chi connectivity index (χ4n) is 0. The van der Waals surface area contributed by atoms with Crippen LogP contribution in [0, 0.1) is 0 Å². The first-order chi connectivity index (χ1) is 2.81. The summed E-state index contributed by atoms with van der Waals surface area (Å²) in [6.07, 6.45) is 0. The van der Waals surface area contributed by atoms with E-state index in [2.05, 4.69) is 0 Å². The van der Waals surface area contributed by atoms with E-state index in [4.69, 9.17) is 33.2 Å². The number of rotatable bonds is 1. The molecule has 0 aliphatic carbocycles. The van der Waals surface area contributed by atoms with Crippen LogP contribution in [0.2, 0.25) is 0 Å². The quantitative estimate of drug-likeness (QED) is 0.577. The molecule has 0 heterocycles. The zero-order valence-electron chi connectivity index (χ0n) is 3.99. The van der Waals surface area contributed by atoms with Gasteiger partial charge in [-0.05, 0) is 0 Å². The normalized spacial score (nSPS) is 18.1. The zero-order chi connectivity index (χ0) is 6.15. The van der Waals surface area contributed by atoms with Crippen LogP contribution in [-0.4, -0.2) is 13.3 Å². The molecule has 0 aliphatic heterocycles. The van der Waals surface area contributed by atoms with E-state index in [9.17, 15) is 0 Å². The average Bonchev–Trinajstić information content (AvgIpc) is 1.32. The minimum atomic E-state index is -2.45. The van der Waals surface area contributed by atoms with E-state index in [1.54, 1.807) is 13.3 Å². The fourth-order valence-corrected chi connectivity index (χ4v) is 0. The first-order valence-corrected chi connectivity index (χ1v) is 8.76. The van der Waals surface area contributed by atoms with E-state index in [0.717, 1.165) is 10.6 Å². The van der Waals surface area contributed by atoms with Crippen LogP contribution in [-0.2, 0) is 0 Å². The van der Waals surface area contributed by atoms with E-state index < -0.39 is 4.51 Å². The van der Waals surface area contributed by atoms with Gasteiger partial charge in [0.25, 0.3) is 0 Å². The van der Waals surface area contributed by atoms with Crippen molar-refractivity contribution >= 4 is 48.3 Å². The average molecular weight is 199 g/mol. The van der Waals surface area contributed by atoms with Crippen LogP contribution >= 0.6 is 48.3 Å². The molecule has 7 heavy (non-hydrogen) atoms. The first kappa shape index (κ1) is 8.65. The second-order valence-corrected chi connectivity index (χ2v) is 18.0. The Morgan fingerprint density at radius 2 is 1.43 bits per heavy atom. The van der Waals surface area contributed by atoms with E-state index >= 15 is 0 Å².